The van der Waals surface area contributed by atoms with Crippen molar-refractivity contribution in [3.8, 4) is 11.5 Å². The second kappa shape index (κ2) is 9.74. The van der Waals surface area contributed by atoms with Gasteiger partial charge < -0.3 is 19.5 Å². The standard InChI is InChI=1S/C23H25N3O5S2/c1-29-9-8-26-22(28)20-15-4-2-3-5-18(15)33-21(20)25-23(26)32-13-19(27)24-14-6-7-16-17(12-14)31-11-10-30-16/h6-7,12H,2-5,8-11,13H2,1H3,(H,24,27). The van der Waals surface area contributed by atoms with E-state index in [0.29, 0.717) is 48.7 Å². The Morgan fingerprint density at radius 1 is 1.24 bits per heavy atom. The lowest BCUT2D eigenvalue weighted by molar-refractivity contribution is -0.113. The number of carbonyl (C=O) groups excluding carboxylic acids is 1. The molecule has 0 radical (unpaired) electrons. The highest BCUT2D eigenvalue weighted by Crippen LogP contribution is 2.35. The molecule has 0 spiro atoms. The van der Waals surface area contributed by atoms with Gasteiger partial charge >= 0.3 is 0 Å². The van der Waals surface area contributed by atoms with Gasteiger partial charge in [-0.2, -0.15) is 0 Å². The molecule has 0 saturated carbocycles. The summed E-state index contributed by atoms with van der Waals surface area (Å²) in [5.74, 6) is 1.24. The molecule has 0 fully saturated rings. The summed E-state index contributed by atoms with van der Waals surface area (Å²) >= 11 is 2.88. The largest absolute Gasteiger partial charge is 0.486 e. The second-order valence-electron chi connectivity index (χ2n) is 7.93. The van der Waals surface area contributed by atoms with Gasteiger partial charge in [-0.1, -0.05) is 11.8 Å². The Labute approximate surface area is 199 Å². The number of carbonyl (C=O) groups is 1. The minimum absolute atomic E-state index is 0.0359. The van der Waals surface area contributed by atoms with Crippen molar-refractivity contribution in [1.82, 2.24) is 9.55 Å². The highest BCUT2D eigenvalue weighted by Gasteiger charge is 2.22. The van der Waals surface area contributed by atoms with E-state index in [2.05, 4.69) is 5.32 Å². The Kier molecular flexibility index (Phi) is 6.57. The van der Waals surface area contributed by atoms with Crippen molar-refractivity contribution in [2.75, 3.05) is 38.0 Å². The quantitative estimate of drug-likeness (QED) is 0.403. The molecule has 3 heterocycles. The number of rotatable bonds is 7. The fourth-order valence-corrected chi connectivity index (χ4v) is 6.29. The summed E-state index contributed by atoms with van der Waals surface area (Å²) < 4.78 is 18.0. The second-order valence-corrected chi connectivity index (χ2v) is 9.96. The van der Waals surface area contributed by atoms with Crippen molar-refractivity contribution in [2.24, 2.45) is 0 Å². The van der Waals surface area contributed by atoms with E-state index >= 15 is 0 Å². The van der Waals surface area contributed by atoms with Gasteiger partial charge in [-0.15, -0.1) is 11.3 Å². The first-order valence-corrected chi connectivity index (χ1v) is 12.8. The summed E-state index contributed by atoms with van der Waals surface area (Å²) in [6.45, 7) is 1.80. The Morgan fingerprint density at radius 3 is 2.91 bits per heavy atom. The van der Waals surface area contributed by atoms with Crippen LogP contribution >= 0.6 is 23.1 Å². The van der Waals surface area contributed by atoms with Gasteiger partial charge in [0.05, 0.1) is 24.3 Å². The van der Waals surface area contributed by atoms with Crippen LogP contribution in [0.1, 0.15) is 23.3 Å². The Balaban J connectivity index is 1.36. The first-order chi connectivity index (χ1) is 16.1. The molecule has 0 saturated heterocycles. The molecule has 3 aromatic rings. The van der Waals surface area contributed by atoms with Crippen LogP contribution in [-0.4, -0.2) is 48.1 Å². The molecule has 1 aliphatic heterocycles. The molecule has 1 N–H and O–H groups in total. The first kappa shape index (κ1) is 22.2. The zero-order valence-corrected chi connectivity index (χ0v) is 20.0. The molecular formula is C23H25N3O5S2. The monoisotopic (exact) mass is 487 g/mol. The number of aromatic nitrogens is 2. The number of thiophene rings is 1. The van der Waals surface area contributed by atoms with Gasteiger partial charge in [0.2, 0.25) is 5.91 Å². The SMILES string of the molecule is COCCn1c(SCC(=O)Nc2ccc3c(c2)OCCO3)nc2sc3c(c2c1=O)CCCC3. The Hall–Kier alpha value is -2.56. The molecule has 174 valence electrons. The fourth-order valence-electron chi connectivity index (χ4n) is 4.16. The van der Waals surface area contributed by atoms with Gasteiger partial charge in [0.25, 0.3) is 5.56 Å². The molecule has 2 aliphatic rings. The molecule has 1 amide bonds. The number of thioether (sulfide) groups is 1. The van der Waals surface area contributed by atoms with E-state index < -0.39 is 0 Å². The molecule has 33 heavy (non-hydrogen) atoms. The summed E-state index contributed by atoms with van der Waals surface area (Å²) in [5.41, 5.74) is 1.76. The van der Waals surface area contributed by atoms with Crippen molar-refractivity contribution < 1.29 is 19.0 Å². The third-order valence-corrected chi connectivity index (χ3v) is 7.88. The van der Waals surface area contributed by atoms with Gasteiger partial charge in [0.1, 0.15) is 18.0 Å². The summed E-state index contributed by atoms with van der Waals surface area (Å²) in [4.78, 5) is 32.9. The van der Waals surface area contributed by atoms with Crippen LogP contribution in [0.5, 0.6) is 11.5 Å². The topological polar surface area (TPSA) is 91.7 Å². The lowest BCUT2D eigenvalue weighted by Crippen LogP contribution is -2.26. The molecule has 2 aromatic heterocycles. The molecule has 10 heteroatoms. The average molecular weight is 488 g/mol. The van der Waals surface area contributed by atoms with Crippen molar-refractivity contribution in [1.29, 1.82) is 0 Å². The number of aryl methyl sites for hydroxylation is 2. The van der Waals surface area contributed by atoms with Crippen LogP contribution in [0.4, 0.5) is 5.69 Å². The number of nitrogens with zero attached hydrogens (tertiary/aromatic N) is 2. The fraction of sp³-hybridized carbons (Fsp3) is 0.435. The van der Waals surface area contributed by atoms with Gasteiger partial charge in [-0.05, 0) is 43.4 Å². The Bertz CT molecular complexity index is 1250. The molecular weight excluding hydrogens is 462 g/mol. The van der Waals surface area contributed by atoms with Gasteiger partial charge in [-0.25, -0.2) is 4.98 Å². The van der Waals surface area contributed by atoms with Crippen LogP contribution in [-0.2, 0) is 28.9 Å². The minimum atomic E-state index is -0.185. The predicted molar refractivity (Wildman–Crippen MR) is 129 cm³/mol. The smallest absolute Gasteiger partial charge is 0.263 e. The van der Waals surface area contributed by atoms with E-state index in [1.165, 1.54) is 16.6 Å². The third-order valence-electron chi connectivity index (χ3n) is 5.72. The average Bonchev–Trinajstić information content (AvgIpc) is 3.21. The van der Waals surface area contributed by atoms with Gasteiger partial charge in [-0.3, -0.25) is 14.2 Å². The van der Waals surface area contributed by atoms with Gasteiger partial charge in [0, 0.05) is 23.7 Å². The number of anilines is 1. The molecule has 1 aromatic carbocycles. The summed E-state index contributed by atoms with van der Waals surface area (Å²) in [6, 6.07) is 5.32. The molecule has 0 unspecified atom stereocenters. The minimum Gasteiger partial charge on any atom is -0.486 e. The highest BCUT2D eigenvalue weighted by atomic mass is 32.2. The number of hydrogen-bond acceptors (Lipinski definition) is 8. The number of amides is 1. The number of fused-ring (bicyclic) bond motifs is 4. The normalized spacial score (nSPS) is 14.8. The molecule has 8 nitrogen and oxygen atoms in total. The van der Waals surface area contributed by atoms with E-state index in [-0.39, 0.29) is 17.2 Å². The number of nitrogens with one attached hydrogen (secondary N) is 1. The van der Waals surface area contributed by atoms with Crippen molar-refractivity contribution in [3.05, 3.63) is 39.0 Å². The Morgan fingerprint density at radius 2 is 2.06 bits per heavy atom. The summed E-state index contributed by atoms with van der Waals surface area (Å²) in [6.07, 6.45) is 4.20. The molecule has 5 rings (SSSR count). The molecule has 0 bridgehead atoms. The predicted octanol–water partition coefficient (Wildman–Crippen LogP) is 3.49. The van der Waals surface area contributed by atoms with Crippen molar-refractivity contribution >= 4 is 44.9 Å². The van der Waals surface area contributed by atoms with E-state index in [1.54, 1.807) is 41.2 Å². The van der Waals surface area contributed by atoms with Crippen molar-refractivity contribution in [2.45, 2.75) is 37.4 Å². The number of methoxy groups -OCH3 is 1. The zero-order valence-electron chi connectivity index (χ0n) is 18.3. The number of ether oxygens (including phenoxy) is 3. The third kappa shape index (κ3) is 4.60. The summed E-state index contributed by atoms with van der Waals surface area (Å²) in [5, 5.41) is 4.17. The van der Waals surface area contributed by atoms with E-state index in [4.69, 9.17) is 19.2 Å². The lowest BCUT2D eigenvalue weighted by atomic mass is 9.97. The zero-order chi connectivity index (χ0) is 22.8. The molecule has 1 aliphatic carbocycles. The molecule has 0 atom stereocenters. The number of hydrogen-bond donors (Lipinski definition) is 1. The van der Waals surface area contributed by atoms with Crippen LogP contribution in [0.25, 0.3) is 10.2 Å². The summed E-state index contributed by atoms with van der Waals surface area (Å²) in [7, 11) is 1.61. The van der Waals surface area contributed by atoms with Crippen molar-refractivity contribution in [3.63, 3.8) is 0 Å². The highest BCUT2D eigenvalue weighted by molar-refractivity contribution is 7.99. The lowest BCUT2D eigenvalue weighted by Gasteiger charge is -2.19. The van der Waals surface area contributed by atoms with Gasteiger partial charge in [0.15, 0.2) is 16.7 Å². The van der Waals surface area contributed by atoms with Crippen LogP contribution < -0.4 is 20.3 Å². The van der Waals surface area contributed by atoms with Crippen LogP contribution in [0.3, 0.4) is 0 Å². The maximum Gasteiger partial charge on any atom is 0.263 e. The maximum atomic E-state index is 13.4. The van der Waals surface area contributed by atoms with E-state index in [9.17, 15) is 9.59 Å². The maximum absolute atomic E-state index is 13.4. The van der Waals surface area contributed by atoms with E-state index in [0.717, 1.165) is 41.5 Å². The number of benzene rings is 1. The van der Waals surface area contributed by atoms with E-state index in [1.807, 2.05) is 0 Å². The van der Waals surface area contributed by atoms with Crippen LogP contribution in [0.15, 0.2) is 28.2 Å². The van der Waals surface area contributed by atoms with Crippen LogP contribution in [0.2, 0.25) is 0 Å². The first-order valence-electron chi connectivity index (χ1n) is 11.0. The van der Waals surface area contributed by atoms with Crippen LogP contribution in [0, 0.1) is 0 Å².